The lowest BCUT2D eigenvalue weighted by atomic mass is 10.3. The largest absolute Gasteiger partial charge is 0.462 e. The van der Waals surface area contributed by atoms with Crippen molar-refractivity contribution in [1.82, 2.24) is 14.8 Å². The Hall–Kier alpha value is -2.08. The summed E-state index contributed by atoms with van der Waals surface area (Å²) in [5, 5.41) is 4.39. The number of aromatic nitrogens is 3. The van der Waals surface area contributed by atoms with E-state index in [9.17, 15) is 4.79 Å². The molecule has 7 heteroatoms. The summed E-state index contributed by atoms with van der Waals surface area (Å²) >= 11 is 5.99. The minimum absolute atomic E-state index is 0.147. The molecular formula is C11H11ClN4O2. The van der Waals surface area contributed by atoms with Crippen molar-refractivity contribution in [3.63, 3.8) is 0 Å². The van der Waals surface area contributed by atoms with Gasteiger partial charge in [-0.3, -0.25) is 0 Å². The van der Waals surface area contributed by atoms with Crippen molar-refractivity contribution in [3.05, 3.63) is 35.1 Å². The number of hydrogen-bond acceptors (Lipinski definition) is 5. The first-order valence-electron chi connectivity index (χ1n) is 5.26. The van der Waals surface area contributed by atoms with Crippen molar-refractivity contribution in [2.75, 3.05) is 12.3 Å². The number of carbonyl (C=O) groups excluding carboxylic acids is 1. The van der Waals surface area contributed by atoms with Gasteiger partial charge in [0.15, 0.2) is 5.82 Å². The number of nitrogens with two attached hydrogens (primary N) is 1. The fourth-order valence-electron chi connectivity index (χ4n) is 1.43. The number of pyridine rings is 1. The number of nitrogens with zero attached hydrogens (tertiary/aromatic N) is 3. The second-order valence-electron chi connectivity index (χ2n) is 3.38. The maximum Gasteiger partial charge on any atom is 0.343 e. The topological polar surface area (TPSA) is 83.0 Å². The van der Waals surface area contributed by atoms with E-state index in [1.54, 1.807) is 25.3 Å². The number of rotatable bonds is 3. The highest BCUT2D eigenvalue weighted by Gasteiger charge is 2.18. The number of anilines is 1. The van der Waals surface area contributed by atoms with E-state index in [1.807, 2.05) is 0 Å². The molecule has 2 heterocycles. The van der Waals surface area contributed by atoms with Gasteiger partial charge >= 0.3 is 5.97 Å². The number of hydrogen-bond donors (Lipinski definition) is 1. The van der Waals surface area contributed by atoms with Crippen LogP contribution in [0.25, 0.3) is 5.82 Å². The van der Waals surface area contributed by atoms with Gasteiger partial charge in [0.05, 0.1) is 17.8 Å². The third-order valence-corrected chi connectivity index (χ3v) is 2.54. The van der Waals surface area contributed by atoms with Crippen molar-refractivity contribution < 1.29 is 9.53 Å². The molecule has 6 nitrogen and oxygen atoms in total. The van der Waals surface area contributed by atoms with Gasteiger partial charge in [0.2, 0.25) is 0 Å². The molecule has 0 atom stereocenters. The van der Waals surface area contributed by atoms with Crippen LogP contribution in [0.15, 0.2) is 24.5 Å². The lowest BCUT2D eigenvalue weighted by molar-refractivity contribution is 0.0527. The molecule has 0 aromatic carbocycles. The molecule has 0 radical (unpaired) electrons. The Balaban J connectivity index is 2.43. The van der Waals surface area contributed by atoms with Crippen molar-refractivity contribution in [3.8, 4) is 5.82 Å². The molecule has 0 aliphatic heterocycles. The fourth-order valence-corrected chi connectivity index (χ4v) is 1.63. The molecule has 0 bridgehead atoms. The molecule has 0 unspecified atom stereocenters. The van der Waals surface area contributed by atoms with Gasteiger partial charge in [0.1, 0.15) is 11.4 Å². The van der Waals surface area contributed by atoms with Crippen LogP contribution < -0.4 is 5.73 Å². The Morgan fingerprint density at radius 3 is 3.06 bits per heavy atom. The van der Waals surface area contributed by atoms with E-state index in [4.69, 9.17) is 22.1 Å². The highest BCUT2D eigenvalue weighted by Crippen LogP contribution is 2.21. The van der Waals surface area contributed by atoms with E-state index in [-0.39, 0.29) is 18.0 Å². The minimum Gasteiger partial charge on any atom is -0.462 e. The maximum absolute atomic E-state index is 11.6. The number of esters is 1. The summed E-state index contributed by atoms with van der Waals surface area (Å²) in [6.07, 6.45) is 2.89. The van der Waals surface area contributed by atoms with Crippen molar-refractivity contribution >= 4 is 23.4 Å². The summed E-state index contributed by atoms with van der Waals surface area (Å²) in [6.45, 7) is 1.99. The number of carbonyl (C=O) groups is 1. The number of nitrogen functional groups attached to an aromatic ring is 1. The third-order valence-electron chi connectivity index (χ3n) is 2.24. The zero-order chi connectivity index (χ0) is 13.1. The highest BCUT2D eigenvalue weighted by molar-refractivity contribution is 6.32. The van der Waals surface area contributed by atoms with Crippen LogP contribution in [0.1, 0.15) is 17.3 Å². The lowest BCUT2D eigenvalue weighted by Crippen LogP contribution is -2.09. The van der Waals surface area contributed by atoms with E-state index in [0.29, 0.717) is 10.8 Å². The van der Waals surface area contributed by atoms with E-state index in [0.717, 1.165) is 0 Å². The summed E-state index contributed by atoms with van der Waals surface area (Å²) in [5.41, 5.74) is 6.03. The van der Waals surface area contributed by atoms with Crippen molar-refractivity contribution in [2.24, 2.45) is 0 Å². The summed E-state index contributed by atoms with van der Waals surface area (Å²) in [5.74, 6) is -0.00503. The average Bonchev–Trinajstić information content (AvgIpc) is 2.72. The number of halogens is 1. The second kappa shape index (κ2) is 5.05. The molecule has 94 valence electrons. The zero-order valence-electron chi connectivity index (χ0n) is 9.63. The average molecular weight is 267 g/mol. The lowest BCUT2D eigenvalue weighted by Gasteiger charge is -2.05. The summed E-state index contributed by atoms with van der Waals surface area (Å²) in [4.78, 5) is 15.7. The molecule has 2 N–H and O–H groups in total. The molecule has 0 saturated carbocycles. The van der Waals surface area contributed by atoms with Gasteiger partial charge in [-0.15, -0.1) is 0 Å². The molecule has 0 aliphatic rings. The Kier molecular flexibility index (Phi) is 3.47. The van der Waals surface area contributed by atoms with Gasteiger partial charge in [0.25, 0.3) is 0 Å². The normalized spacial score (nSPS) is 10.3. The van der Waals surface area contributed by atoms with Crippen LogP contribution >= 0.6 is 11.6 Å². The van der Waals surface area contributed by atoms with Gasteiger partial charge in [0, 0.05) is 6.20 Å². The van der Waals surface area contributed by atoms with Crippen LogP contribution in [-0.2, 0) is 4.74 Å². The quantitative estimate of drug-likeness (QED) is 0.855. The van der Waals surface area contributed by atoms with Crippen molar-refractivity contribution in [2.45, 2.75) is 6.92 Å². The zero-order valence-corrected chi connectivity index (χ0v) is 10.4. The predicted octanol–water partition coefficient (Wildman–Crippen LogP) is 1.68. The molecule has 0 spiro atoms. The summed E-state index contributed by atoms with van der Waals surface area (Å²) in [7, 11) is 0. The van der Waals surface area contributed by atoms with Crippen LogP contribution in [0, 0.1) is 0 Å². The van der Waals surface area contributed by atoms with Crippen LogP contribution in [0.4, 0.5) is 5.82 Å². The molecule has 2 rings (SSSR count). The molecule has 0 fully saturated rings. The molecule has 0 saturated heterocycles. The van der Waals surface area contributed by atoms with E-state index in [1.165, 1.54) is 10.9 Å². The Labute approximate surface area is 108 Å². The van der Waals surface area contributed by atoms with E-state index < -0.39 is 5.97 Å². The smallest absolute Gasteiger partial charge is 0.343 e. The predicted molar refractivity (Wildman–Crippen MR) is 66.7 cm³/mol. The first-order chi connectivity index (χ1) is 8.65. The van der Waals surface area contributed by atoms with Crippen LogP contribution in [0.2, 0.25) is 5.02 Å². The van der Waals surface area contributed by atoms with Gasteiger partial charge in [-0.25, -0.2) is 9.78 Å². The highest BCUT2D eigenvalue weighted by atomic mass is 35.5. The van der Waals surface area contributed by atoms with Gasteiger partial charge in [-0.1, -0.05) is 11.6 Å². The standard InChI is InChI=1S/C11H11ClN4O2/c1-2-18-11(17)7-6-15-16(9(7)13)10-8(12)4-3-5-14-10/h3-6H,2,13H2,1H3. The fraction of sp³-hybridized carbons (Fsp3) is 0.182. The van der Waals surface area contributed by atoms with E-state index in [2.05, 4.69) is 10.1 Å². The van der Waals surface area contributed by atoms with Crippen LogP contribution in [-0.4, -0.2) is 27.3 Å². The first kappa shape index (κ1) is 12.4. The Morgan fingerprint density at radius 2 is 2.39 bits per heavy atom. The third kappa shape index (κ3) is 2.14. The molecule has 0 amide bonds. The van der Waals surface area contributed by atoms with Crippen LogP contribution in [0.5, 0.6) is 0 Å². The van der Waals surface area contributed by atoms with E-state index >= 15 is 0 Å². The Morgan fingerprint density at radius 1 is 1.61 bits per heavy atom. The molecule has 18 heavy (non-hydrogen) atoms. The SMILES string of the molecule is CCOC(=O)c1cnn(-c2ncccc2Cl)c1N. The monoisotopic (exact) mass is 266 g/mol. The van der Waals surface area contributed by atoms with Crippen molar-refractivity contribution in [1.29, 1.82) is 0 Å². The summed E-state index contributed by atoms with van der Waals surface area (Å²) < 4.78 is 6.16. The van der Waals surface area contributed by atoms with Gasteiger partial charge in [-0.2, -0.15) is 9.78 Å². The summed E-state index contributed by atoms with van der Waals surface area (Å²) in [6, 6.07) is 3.35. The Bertz CT molecular complexity index is 582. The molecule has 0 aliphatic carbocycles. The maximum atomic E-state index is 11.6. The minimum atomic E-state index is -0.520. The van der Waals surface area contributed by atoms with Gasteiger partial charge < -0.3 is 10.5 Å². The first-order valence-corrected chi connectivity index (χ1v) is 5.64. The number of ether oxygens (including phenoxy) is 1. The second-order valence-corrected chi connectivity index (χ2v) is 3.79. The molecule has 2 aromatic rings. The molecule has 2 aromatic heterocycles. The van der Waals surface area contributed by atoms with Gasteiger partial charge in [-0.05, 0) is 19.1 Å². The van der Waals surface area contributed by atoms with Crippen LogP contribution in [0.3, 0.4) is 0 Å². The molecular weight excluding hydrogens is 256 g/mol.